The van der Waals surface area contributed by atoms with Crippen LogP contribution < -0.4 is 0 Å². The van der Waals surface area contributed by atoms with Gasteiger partial charge in [0.05, 0.1) is 13.2 Å². The summed E-state index contributed by atoms with van der Waals surface area (Å²) in [6, 6.07) is 0. The third-order valence-corrected chi connectivity index (χ3v) is 4.79. The van der Waals surface area contributed by atoms with Gasteiger partial charge in [-0.2, -0.15) is 0 Å². The number of ether oxygens (including phenoxy) is 2. The summed E-state index contributed by atoms with van der Waals surface area (Å²) in [7, 11) is 0. The molecule has 20 heavy (non-hydrogen) atoms. The van der Waals surface area contributed by atoms with Gasteiger partial charge in [0.1, 0.15) is 23.9 Å². The van der Waals surface area contributed by atoms with E-state index in [0.717, 1.165) is 19.3 Å². The molecular weight excluding hydrogens is 270 g/mol. The fourth-order valence-electron chi connectivity index (χ4n) is 3.77. The molecule has 3 fully saturated rings. The van der Waals surface area contributed by atoms with Gasteiger partial charge in [-0.15, -0.1) is 10.1 Å². The minimum absolute atomic E-state index is 0.0617. The Bertz CT molecular complexity index is 397. The zero-order valence-corrected chi connectivity index (χ0v) is 11.1. The first-order chi connectivity index (χ1) is 9.48. The minimum Gasteiger partial charge on any atom is -0.388 e. The van der Waals surface area contributed by atoms with Gasteiger partial charge in [-0.25, -0.2) is 0 Å². The Hall–Kier alpha value is -0.960. The van der Waals surface area contributed by atoms with Crippen LogP contribution in [0.2, 0.25) is 0 Å². The minimum atomic E-state index is -1.59. The van der Waals surface area contributed by atoms with Crippen molar-refractivity contribution < 1.29 is 29.6 Å². The average molecular weight is 289 g/mol. The summed E-state index contributed by atoms with van der Waals surface area (Å²) in [5.74, 6) is 0. The molecule has 8 nitrogen and oxygen atoms in total. The van der Waals surface area contributed by atoms with E-state index in [1.807, 2.05) is 0 Å². The van der Waals surface area contributed by atoms with Crippen LogP contribution in [0.4, 0.5) is 0 Å². The summed E-state index contributed by atoms with van der Waals surface area (Å²) in [6.45, 7) is -0.0561. The molecule has 0 aromatic heterocycles. The van der Waals surface area contributed by atoms with Crippen molar-refractivity contribution in [1.82, 2.24) is 0 Å². The highest BCUT2D eigenvalue weighted by Crippen LogP contribution is 2.48. The zero-order chi connectivity index (χ0) is 14.4. The van der Waals surface area contributed by atoms with Crippen LogP contribution in [-0.4, -0.2) is 58.0 Å². The molecular formula is C12H19NO7. The molecule has 114 valence electrons. The first-order valence-corrected chi connectivity index (χ1v) is 6.96. The Morgan fingerprint density at radius 3 is 2.60 bits per heavy atom. The smallest absolute Gasteiger partial charge is 0.295 e. The summed E-state index contributed by atoms with van der Waals surface area (Å²) in [6.07, 6.45) is 0.978. The Morgan fingerprint density at radius 1 is 1.25 bits per heavy atom. The largest absolute Gasteiger partial charge is 0.388 e. The van der Waals surface area contributed by atoms with E-state index in [0.29, 0.717) is 12.8 Å². The molecule has 1 aliphatic carbocycles. The monoisotopic (exact) mass is 289 g/mol. The van der Waals surface area contributed by atoms with Gasteiger partial charge >= 0.3 is 0 Å². The van der Waals surface area contributed by atoms with Gasteiger partial charge in [-0.3, -0.25) is 0 Å². The summed E-state index contributed by atoms with van der Waals surface area (Å²) in [5, 5.41) is 30.8. The number of aliphatic hydroxyl groups is 2. The molecule has 3 aliphatic rings. The molecule has 0 aromatic carbocycles. The summed E-state index contributed by atoms with van der Waals surface area (Å²) >= 11 is 0. The van der Waals surface area contributed by atoms with Crippen molar-refractivity contribution in [2.75, 3.05) is 13.2 Å². The maximum absolute atomic E-state index is 11.0. The molecule has 3 rings (SSSR count). The van der Waals surface area contributed by atoms with Crippen LogP contribution in [0.5, 0.6) is 0 Å². The van der Waals surface area contributed by atoms with E-state index >= 15 is 0 Å². The van der Waals surface area contributed by atoms with Crippen LogP contribution in [0.25, 0.3) is 0 Å². The Labute approximate surface area is 115 Å². The van der Waals surface area contributed by atoms with Gasteiger partial charge in [0.25, 0.3) is 5.09 Å². The number of aliphatic hydroxyl groups excluding tert-OH is 1. The predicted molar refractivity (Wildman–Crippen MR) is 64.3 cm³/mol. The van der Waals surface area contributed by atoms with Crippen LogP contribution in [0.1, 0.15) is 32.1 Å². The molecule has 0 unspecified atom stereocenters. The maximum atomic E-state index is 11.0. The van der Waals surface area contributed by atoms with Crippen molar-refractivity contribution in [1.29, 1.82) is 0 Å². The summed E-state index contributed by atoms with van der Waals surface area (Å²) in [5.41, 5.74) is -2.90. The first-order valence-electron chi connectivity index (χ1n) is 6.96. The van der Waals surface area contributed by atoms with E-state index in [2.05, 4.69) is 0 Å². The number of hydrogen-bond acceptors (Lipinski definition) is 7. The van der Waals surface area contributed by atoms with Crippen molar-refractivity contribution in [3.63, 3.8) is 0 Å². The Morgan fingerprint density at radius 2 is 1.95 bits per heavy atom. The molecule has 0 bridgehead atoms. The standard InChI is InChI=1S/C12H19NO7/c14-8-6-18-10-9(8)19-7-12(10,15)11(20-13(16)17)4-2-1-3-5-11/h8-10,14-15H,1-7H2/t8-,9-,10+,12-/m1/s1. The third kappa shape index (κ3) is 1.90. The SMILES string of the molecule is O=[N+]([O-])OC1([C@@]2(O)CO[C@@H]3[C@H](O)CO[C@@H]32)CCCCC1. The van der Waals surface area contributed by atoms with Crippen LogP contribution in [0.15, 0.2) is 0 Å². The molecule has 0 aromatic rings. The molecule has 0 amide bonds. The van der Waals surface area contributed by atoms with Gasteiger partial charge < -0.3 is 24.5 Å². The lowest BCUT2D eigenvalue weighted by Gasteiger charge is -2.46. The second kappa shape index (κ2) is 4.80. The summed E-state index contributed by atoms with van der Waals surface area (Å²) < 4.78 is 10.9. The van der Waals surface area contributed by atoms with E-state index < -0.39 is 34.6 Å². The quantitative estimate of drug-likeness (QED) is 0.546. The maximum Gasteiger partial charge on any atom is 0.295 e. The zero-order valence-electron chi connectivity index (χ0n) is 11.1. The van der Waals surface area contributed by atoms with E-state index in [1.54, 1.807) is 0 Å². The van der Waals surface area contributed by atoms with Gasteiger partial charge in [0.2, 0.25) is 0 Å². The topological polar surface area (TPSA) is 111 Å². The number of hydrogen-bond donors (Lipinski definition) is 2. The fraction of sp³-hybridized carbons (Fsp3) is 1.00. The second-order valence-corrected chi connectivity index (χ2v) is 5.89. The van der Waals surface area contributed by atoms with E-state index in [1.165, 1.54) is 0 Å². The van der Waals surface area contributed by atoms with Gasteiger partial charge in [0, 0.05) is 0 Å². The fourth-order valence-corrected chi connectivity index (χ4v) is 3.77. The highest BCUT2D eigenvalue weighted by molar-refractivity contribution is 5.14. The van der Waals surface area contributed by atoms with Crippen molar-refractivity contribution in [2.45, 2.75) is 61.6 Å². The molecule has 0 spiro atoms. The number of fused-ring (bicyclic) bond motifs is 1. The molecule has 4 atom stereocenters. The van der Waals surface area contributed by atoms with Crippen LogP contribution in [-0.2, 0) is 14.3 Å². The molecule has 0 radical (unpaired) electrons. The second-order valence-electron chi connectivity index (χ2n) is 5.89. The number of nitrogens with zero attached hydrogens (tertiary/aromatic N) is 1. The molecule has 1 saturated carbocycles. The molecule has 8 heteroatoms. The molecule has 2 saturated heterocycles. The average Bonchev–Trinajstić information content (AvgIpc) is 2.94. The first kappa shape index (κ1) is 14.0. The van der Waals surface area contributed by atoms with Gasteiger partial charge in [-0.05, 0) is 12.8 Å². The highest BCUT2D eigenvalue weighted by Gasteiger charge is 2.66. The van der Waals surface area contributed by atoms with Crippen molar-refractivity contribution in [3.05, 3.63) is 10.1 Å². The highest BCUT2D eigenvalue weighted by atomic mass is 17.0. The van der Waals surface area contributed by atoms with E-state index in [9.17, 15) is 20.3 Å². The summed E-state index contributed by atoms with van der Waals surface area (Å²) in [4.78, 5) is 15.8. The molecule has 2 heterocycles. The van der Waals surface area contributed by atoms with Crippen molar-refractivity contribution in [3.8, 4) is 0 Å². The predicted octanol–water partition coefficient (Wildman–Crippen LogP) is -0.213. The Balaban J connectivity index is 1.92. The van der Waals surface area contributed by atoms with Crippen LogP contribution in [0, 0.1) is 10.1 Å². The number of rotatable bonds is 3. The van der Waals surface area contributed by atoms with Gasteiger partial charge in [0.15, 0.2) is 5.60 Å². The van der Waals surface area contributed by atoms with E-state index in [4.69, 9.17) is 14.3 Å². The van der Waals surface area contributed by atoms with Gasteiger partial charge in [-0.1, -0.05) is 19.3 Å². The van der Waals surface area contributed by atoms with Crippen molar-refractivity contribution >= 4 is 0 Å². The molecule has 2 aliphatic heterocycles. The lowest BCUT2D eigenvalue weighted by Crippen LogP contribution is -2.64. The normalized spacial score (nSPS) is 43.2. The Kier molecular flexibility index (Phi) is 3.36. The van der Waals surface area contributed by atoms with E-state index in [-0.39, 0.29) is 13.2 Å². The van der Waals surface area contributed by atoms with Crippen molar-refractivity contribution in [2.24, 2.45) is 0 Å². The third-order valence-electron chi connectivity index (χ3n) is 4.79. The molecule has 2 N–H and O–H groups in total. The lowest BCUT2D eigenvalue weighted by atomic mass is 9.70. The van der Waals surface area contributed by atoms with Crippen LogP contribution >= 0.6 is 0 Å². The lowest BCUT2D eigenvalue weighted by molar-refractivity contribution is -0.788. The van der Waals surface area contributed by atoms with Crippen LogP contribution in [0.3, 0.4) is 0 Å².